The maximum absolute atomic E-state index is 12.5. The molecule has 0 radical (unpaired) electrons. The van der Waals surface area contributed by atoms with Crippen LogP contribution in [-0.2, 0) is 16.0 Å². The van der Waals surface area contributed by atoms with E-state index in [4.69, 9.17) is 4.42 Å². The first kappa shape index (κ1) is 17.2. The van der Waals surface area contributed by atoms with Crippen molar-refractivity contribution in [3.8, 4) is 0 Å². The van der Waals surface area contributed by atoms with Crippen molar-refractivity contribution in [1.82, 2.24) is 5.32 Å². The third-order valence-electron chi connectivity index (χ3n) is 4.40. The van der Waals surface area contributed by atoms with Crippen molar-refractivity contribution in [1.29, 1.82) is 0 Å². The van der Waals surface area contributed by atoms with E-state index in [1.807, 2.05) is 25.1 Å². The first-order valence-corrected chi connectivity index (χ1v) is 8.39. The van der Waals surface area contributed by atoms with Crippen LogP contribution in [0.3, 0.4) is 0 Å². The van der Waals surface area contributed by atoms with Crippen LogP contribution in [0.15, 0.2) is 41.0 Å². The SMILES string of the molecule is Cc1ccc2c(c1)N(C(=O)C(=O)NC(C)CC(O)c1ccco1)CC2. The van der Waals surface area contributed by atoms with Gasteiger partial charge in [-0.2, -0.15) is 0 Å². The smallest absolute Gasteiger partial charge is 0.316 e. The number of aliphatic hydroxyl groups excluding tert-OH is 1. The minimum atomic E-state index is -0.824. The third kappa shape index (κ3) is 3.74. The first-order valence-electron chi connectivity index (χ1n) is 8.39. The molecule has 2 heterocycles. The van der Waals surface area contributed by atoms with Crippen molar-refractivity contribution in [3.05, 3.63) is 53.5 Å². The Labute approximate surface area is 146 Å². The summed E-state index contributed by atoms with van der Waals surface area (Å²) in [4.78, 5) is 26.3. The van der Waals surface area contributed by atoms with Gasteiger partial charge in [0.25, 0.3) is 0 Å². The fourth-order valence-corrected chi connectivity index (χ4v) is 3.10. The Kier molecular flexibility index (Phi) is 4.90. The third-order valence-corrected chi connectivity index (χ3v) is 4.40. The molecule has 2 N–H and O–H groups in total. The largest absolute Gasteiger partial charge is 0.467 e. The Morgan fingerprint density at radius 1 is 1.36 bits per heavy atom. The highest BCUT2D eigenvalue weighted by Gasteiger charge is 2.30. The van der Waals surface area contributed by atoms with Crippen LogP contribution in [0.4, 0.5) is 5.69 Å². The molecule has 132 valence electrons. The number of fused-ring (bicyclic) bond motifs is 1. The quantitative estimate of drug-likeness (QED) is 0.834. The van der Waals surface area contributed by atoms with Crippen molar-refractivity contribution >= 4 is 17.5 Å². The van der Waals surface area contributed by atoms with Gasteiger partial charge in [0.1, 0.15) is 11.9 Å². The number of aryl methyl sites for hydroxylation is 1. The fourth-order valence-electron chi connectivity index (χ4n) is 3.10. The van der Waals surface area contributed by atoms with E-state index in [0.717, 1.165) is 23.2 Å². The highest BCUT2D eigenvalue weighted by molar-refractivity contribution is 6.40. The average molecular weight is 342 g/mol. The molecule has 1 aliphatic heterocycles. The molecule has 1 aliphatic rings. The number of nitrogens with zero attached hydrogens (tertiary/aromatic N) is 1. The number of furan rings is 1. The van der Waals surface area contributed by atoms with E-state index in [2.05, 4.69) is 5.32 Å². The van der Waals surface area contributed by atoms with Crippen LogP contribution in [0.25, 0.3) is 0 Å². The number of benzene rings is 1. The Morgan fingerprint density at radius 2 is 2.16 bits per heavy atom. The number of hydrogen-bond acceptors (Lipinski definition) is 4. The number of carbonyl (C=O) groups is 2. The highest BCUT2D eigenvalue weighted by Crippen LogP contribution is 2.29. The molecule has 2 atom stereocenters. The van der Waals surface area contributed by atoms with Crippen LogP contribution >= 0.6 is 0 Å². The molecule has 6 heteroatoms. The number of amides is 2. The summed E-state index contributed by atoms with van der Waals surface area (Å²) in [6, 6.07) is 8.93. The molecule has 2 aromatic rings. The van der Waals surface area contributed by atoms with Gasteiger partial charge in [-0.1, -0.05) is 12.1 Å². The number of anilines is 1. The van der Waals surface area contributed by atoms with E-state index >= 15 is 0 Å². The zero-order valence-electron chi connectivity index (χ0n) is 14.4. The van der Waals surface area contributed by atoms with Crippen LogP contribution in [0.1, 0.15) is 36.3 Å². The molecule has 6 nitrogen and oxygen atoms in total. The van der Waals surface area contributed by atoms with Crippen molar-refractivity contribution in [2.75, 3.05) is 11.4 Å². The number of nitrogens with one attached hydrogen (secondary N) is 1. The summed E-state index contributed by atoms with van der Waals surface area (Å²) in [5.74, 6) is -0.784. The molecule has 0 fully saturated rings. The molecule has 3 rings (SSSR count). The van der Waals surface area contributed by atoms with Crippen LogP contribution in [-0.4, -0.2) is 29.5 Å². The van der Waals surface area contributed by atoms with Gasteiger partial charge >= 0.3 is 11.8 Å². The van der Waals surface area contributed by atoms with Gasteiger partial charge in [0.05, 0.1) is 6.26 Å². The lowest BCUT2D eigenvalue weighted by Crippen LogP contribution is -2.45. The maximum atomic E-state index is 12.5. The number of carbonyl (C=O) groups excluding carboxylic acids is 2. The minimum absolute atomic E-state index is 0.266. The zero-order valence-corrected chi connectivity index (χ0v) is 14.4. The zero-order chi connectivity index (χ0) is 18.0. The average Bonchev–Trinajstić information content (AvgIpc) is 3.23. The standard InChI is InChI=1S/C19H22N2O4/c1-12-5-6-14-7-8-21(15(14)10-12)19(24)18(23)20-13(2)11-16(22)17-4-3-9-25-17/h3-6,9-10,13,16,22H,7-8,11H2,1-2H3,(H,20,23). The molecule has 0 saturated carbocycles. The van der Waals surface area contributed by atoms with Gasteiger partial charge in [0.15, 0.2) is 0 Å². The summed E-state index contributed by atoms with van der Waals surface area (Å²) < 4.78 is 5.14. The van der Waals surface area contributed by atoms with Crippen molar-refractivity contribution < 1.29 is 19.1 Å². The van der Waals surface area contributed by atoms with E-state index in [9.17, 15) is 14.7 Å². The summed E-state index contributed by atoms with van der Waals surface area (Å²) >= 11 is 0. The maximum Gasteiger partial charge on any atom is 0.316 e. The monoisotopic (exact) mass is 342 g/mol. The van der Waals surface area contributed by atoms with Crippen LogP contribution in [0, 0.1) is 6.92 Å². The summed E-state index contributed by atoms with van der Waals surface area (Å²) in [7, 11) is 0. The molecule has 1 aromatic heterocycles. The topological polar surface area (TPSA) is 82.8 Å². The Bertz CT molecular complexity index is 770. The minimum Gasteiger partial charge on any atom is -0.467 e. The van der Waals surface area contributed by atoms with Gasteiger partial charge < -0.3 is 19.7 Å². The Balaban J connectivity index is 1.60. The van der Waals surface area contributed by atoms with Crippen molar-refractivity contribution in [2.24, 2.45) is 0 Å². The summed E-state index contributed by atoms with van der Waals surface area (Å²) in [5, 5.41) is 12.7. The lowest BCUT2D eigenvalue weighted by Gasteiger charge is -2.20. The predicted octanol–water partition coefficient (Wildman–Crippen LogP) is 2.11. The second kappa shape index (κ2) is 7.11. The van der Waals surface area contributed by atoms with Gasteiger partial charge in [-0.05, 0) is 49.6 Å². The van der Waals surface area contributed by atoms with E-state index in [1.165, 1.54) is 11.2 Å². The molecule has 0 saturated heterocycles. The van der Waals surface area contributed by atoms with E-state index in [-0.39, 0.29) is 12.5 Å². The normalized spacial score (nSPS) is 15.6. The second-order valence-corrected chi connectivity index (χ2v) is 6.48. The molecule has 0 bridgehead atoms. The first-order chi connectivity index (χ1) is 12.0. The molecule has 2 unspecified atom stereocenters. The molecule has 0 aliphatic carbocycles. The molecule has 0 spiro atoms. The van der Waals surface area contributed by atoms with E-state index in [0.29, 0.717) is 12.3 Å². The van der Waals surface area contributed by atoms with Gasteiger partial charge in [0, 0.05) is 24.7 Å². The number of aliphatic hydroxyl groups is 1. The number of hydrogen-bond donors (Lipinski definition) is 2. The van der Waals surface area contributed by atoms with E-state index in [1.54, 1.807) is 19.1 Å². The van der Waals surface area contributed by atoms with Gasteiger partial charge in [-0.3, -0.25) is 9.59 Å². The van der Waals surface area contributed by atoms with Crippen LogP contribution in [0.2, 0.25) is 0 Å². The molecule has 2 amide bonds. The van der Waals surface area contributed by atoms with Crippen LogP contribution < -0.4 is 10.2 Å². The molecule has 25 heavy (non-hydrogen) atoms. The Hall–Kier alpha value is -2.60. The molecular formula is C19H22N2O4. The number of rotatable bonds is 4. The molecular weight excluding hydrogens is 320 g/mol. The van der Waals surface area contributed by atoms with E-state index < -0.39 is 17.9 Å². The lowest BCUT2D eigenvalue weighted by atomic mass is 10.1. The van der Waals surface area contributed by atoms with Gasteiger partial charge in [-0.15, -0.1) is 0 Å². The highest BCUT2D eigenvalue weighted by atomic mass is 16.4. The molecule has 1 aromatic carbocycles. The second-order valence-electron chi connectivity index (χ2n) is 6.48. The lowest BCUT2D eigenvalue weighted by molar-refractivity contribution is -0.138. The van der Waals surface area contributed by atoms with Gasteiger partial charge in [-0.25, -0.2) is 0 Å². The Morgan fingerprint density at radius 3 is 2.88 bits per heavy atom. The summed E-state index contributed by atoms with van der Waals surface area (Å²) in [5.41, 5.74) is 2.94. The summed E-state index contributed by atoms with van der Waals surface area (Å²) in [6.07, 6.45) is 1.68. The van der Waals surface area contributed by atoms with Crippen molar-refractivity contribution in [2.45, 2.75) is 38.8 Å². The predicted molar refractivity (Wildman–Crippen MR) is 93.1 cm³/mol. The van der Waals surface area contributed by atoms with Crippen molar-refractivity contribution in [3.63, 3.8) is 0 Å². The fraction of sp³-hybridized carbons (Fsp3) is 0.368. The van der Waals surface area contributed by atoms with Gasteiger partial charge in [0.2, 0.25) is 0 Å². The summed E-state index contributed by atoms with van der Waals surface area (Å²) in [6.45, 7) is 4.22. The van der Waals surface area contributed by atoms with Crippen LogP contribution in [0.5, 0.6) is 0 Å².